The second-order valence-corrected chi connectivity index (χ2v) is 7.26. The summed E-state index contributed by atoms with van der Waals surface area (Å²) in [5.74, 6) is -0.172. The monoisotopic (exact) mass is 411 g/mol. The molecule has 1 atom stereocenters. The maximum atomic E-state index is 12.5. The first kappa shape index (κ1) is 20.6. The quantitative estimate of drug-likeness (QED) is 0.682. The minimum absolute atomic E-state index is 0.174. The van der Waals surface area contributed by atoms with Gasteiger partial charge in [-0.1, -0.05) is 23.7 Å². The Kier molecular flexibility index (Phi) is 6.03. The van der Waals surface area contributed by atoms with Crippen LogP contribution in [0.25, 0.3) is 5.69 Å². The standard InChI is InChI=1S/C22H22ClN3O3/c1-13-8-9-17(12-14(13)2)26-21(27)11-10-20(25-26)29-16(4)22(28)24-19-7-5-6-18(23)15(19)3/h5-12,16H,1-4H3,(H,24,28). The Bertz CT molecular complexity index is 1120. The Hall–Kier alpha value is -3.12. The van der Waals surface area contributed by atoms with Crippen LogP contribution in [0.1, 0.15) is 23.6 Å². The summed E-state index contributed by atoms with van der Waals surface area (Å²) in [6.45, 7) is 7.40. The van der Waals surface area contributed by atoms with E-state index >= 15 is 0 Å². The highest BCUT2D eigenvalue weighted by Crippen LogP contribution is 2.23. The molecule has 0 aliphatic carbocycles. The van der Waals surface area contributed by atoms with Gasteiger partial charge in [-0.25, -0.2) is 0 Å². The lowest BCUT2D eigenvalue weighted by atomic mass is 10.1. The molecular formula is C22H22ClN3O3. The number of nitrogens with zero attached hydrogens (tertiary/aromatic N) is 2. The predicted octanol–water partition coefficient (Wildman–Crippen LogP) is 4.22. The smallest absolute Gasteiger partial charge is 0.271 e. The molecule has 0 radical (unpaired) electrons. The molecule has 1 N–H and O–H groups in total. The van der Waals surface area contributed by atoms with E-state index in [0.29, 0.717) is 16.4 Å². The molecule has 3 rings (SSSR count). The topological polar surface area (TPSA) is 73.2 Å². The third kappa shape index (κ3) is 4.66. The van der Waals surface area contributed by atoms with Crippen molar-refractivity contribution < 1.29 is 9.53 Å². The number of aromatic nitrogens is 2. The molecule has 29 heavy (non-hydrogen) atoms. The lowest BCUT2D eigenvalue weighted by molar-refractivity contribution is -0.122. The second-order valence-electron chi connectivity index (χ2n) is 6.85. The number of hydrogen-bond acceptors (Lipinski definition) is 4. The third-order valence-electron chi connectivity index (χ3n) is 4.70. The Morgan fingerprint density at radius 2 is 1.86 bits per heavy atom. The molecule has 0 spiro atoms. The highest BCUT2D eigenvalue weighted by Gasteiger charge is 2.17. The van der Waals surface area contributed by atoms with Crippen LogP contribution in [-0.2, 0) is 4.79 Å². The van der Waals surface area contributed by atoms with E-state index in [2.05, 4.69) is 10.4 Å². The minimum Gasteiger partial charge on any atom is -0.463 e. The summed E-state index contributed by atoms with van der Waals surface area (Å²) >= 11 is 6.09. The molecule has 0 aliphatic heterocycles. The number of hydrogen-bond donors (Lipinski definition) is 1. The average molecular weight is 412 g/mol. The van der Waals surface area contributed by atoms with E-state index in [4.69, 9.17) is 16.3 Å². The Morgan fingerprint density at radius 1 is 1.10 bits per heavy atom. The molecule has 6 nitrogen and oxygen atoms in total. The van der Waals surface area contributed by atoms with Crippen LogP contribution in [0.3, 0.4) is 0 Å². The Morgan fingerprint density at radius 3 is 2.59 bits per heavy atom. The van der Waals surface area contributed by atoms with Gasteiger partial charge in [0.1, 0.15) is 0 Å². The Labute approximate surface area is 174 Å². The number of ether oxygens (including phenoxy) is 1. The van der Waals surface area contributed by atoms with Crippen LogP contribution < -0.4 is 15.6 Å². The van der Waals surface area contributed by atoms with Crippen LogP contribution in [0.2, 0.25) is 5.02 Å². The van der Waals surface area contributed by atoms with Crippen LogP contribution >= 0.6 is 11.6 Å². The summed E-state index contributed by atoms with van der Waals surface area (Å²) in [6, 6.07) is 13.7. The van der Waals surface area contributed by atoms with Gasteiger partial charge < -0.3 is 10.1 Å². The molecule has 0 saturated heterocycles. The summed E-state index contributed by atoms with van der Waals surface area (Å²) in [6.07, 6.45) is -0.827. The summed E-state index contributed by atoms with van der Waals surface area (Å²) in [5.41, 5.74) is 3.91. The molecule has 1 amide bonds. The summed E-state index contributed by atoms with van der Waals surface area (Å²) < 4.78 is 6.93. The number of amides is 1. The van der Waals surface area contributed by atoms with Crippen molar-refractivity contribution in [1.29, 1.82) is 0 Å². The third-order valence-corrected chi connectivity index (χ3v) is 5.11. The van der Waals surface area contributed by atoms with Gasteiger partial charge in [0.2, 0.25) is 5.88 Å². The van der Waals surface area contributed by atoms with Crippen molar-refractivity contribution >= 4 is 23.2 Å². The molecule has 1 aromatic heterocycles. The number of carbonyl (C=O) groups excluding carboxylic acids is 1. The minimum atomic E-state index is -0.827. The number of carbonyl (C=O) groups is 1. The van der Waals surface area contributed by atoms with E-state index in [1.165, 1.54) is 16.8 Å². The van der Waals surface area contributed by atoms with Crippen molar-refractivity contribution in [2.45, 2.75) is 33.8 Å². The average Bonchev–Trinajstić information content (AvgIpc) is 2.69. The fourth-order valence-corrected chi connectivity index (χ4v) is 2.89. The van der Waals surface area contributed by atoms with Crippen molar-refractivity contribution in [3.8, 4) is 11.6 Å². The van der Waals surface area contributed by atoms with Crippen molar-refractivity contribution in [3.05, 3.63) is 80.6 Å². The van der Waals surface area contributed by atoms with Crippen molar-refractivity contribution in [3.63, 3.8) is 0 Å². The molecule has 1 unspecified atom stereocenters. The highest BCUT2D eigenvalue weighted by atomic mass is 35.5. The van der Waals surface area contributed by atoms with Crippen LogP contribution in [0.5, 0.6) is 5.88 Å². The molecular weight excluding hydrogens is 390 g/mol. The van der Waals surface area contributed by atoms with E-state index < -0.39 is 6.10 Å². The molecule has 2 aromatic carbocycles. The van der Waals surface area contributed by atoms with Crippen molar-refractivity contribution in [2.24, 2.45) is 0 Å². The second kappa shape index (κ2) is 8.49. The van der Waals surface area contributed by atoms with Gasteiger partial charge in [0.05, 0.1) is 5.69 Å². The van der Waals surface area contributed by atoms with Gasteiger partial charge in [0.15, 0.2) is 6.10 Å². The van der Waals surface area contributed by atoms with Crippen LogP contribution in [0.15, 0.2) is 53.3 Å². The number of aryl methyl sites for hydroxylation is 2. The number of anilines is 1. The van der Waals surface area contributed by atoms with Gasteiger partial charge in [0, 0.05) is 22.8 Å². The number of halogens is 1. The maximum absolute atomic E-state index is 12.5. The van der Waals surface area contributed by atoms with E-state index in [1.807, 2.05) is 39.0 Å². The summed E-state index contributed by atoms with van der Waals surface area (Å²) in [7, 11) is 0. The lowest BCUT2D eigenvalue weighted by Crippen LogP contribution is -2.31. The first-order valence-electron chi connectivity index (χ1n) is 9.17. The van der Waals surface area contributed by atoms with Gasteiger partial charge >= 0.3 is 0 Å². The number of nitrogens with one attached hydrogen (secondary N) is 1. The van der Waals surface area contributed by atoms with Gasteiger partial charge in [0.25, 0.3) is 11.5 Å². The Balaban J connectivity index is 1.79. The normalized spacial score (nSPS) is 11.8. The molecule has 1 heterocycles. The first-order valence-corrected chi connectivity index (χ1v) is 9.54. The van der Waals surface area contributed by atoms with E-state index in [0.717, 1.165) is 16.7 Å². The zero-order valence-electron chi connectivity index (χ0n) is 16.7. The fraction of sp³-hybridized carbons (Fsp3) is 0.227. The lowest BCUT2D eigenvalue weighted by Gasteiger charge is -2.16. The van der Waals surface area contributed by atoms with Gasteiger partial charge in [-0.3, -0.25) is 9.59 Å². The number of rotatable bonds is 5. The van der Waals surface area contributed by atoms with Crippen LogP contribution in [0, 0.1) is 20.8 Å². The molecule has 0 saturated carbocycles. The molecule has 150 valence electrons. The van der Waals surface area contributed by atoms with E-state index in [9.17, 15) is 9.59 Å². The number of benzene rings is 2. The molecule has 0 aliphatic rings. The predicted molar refractivity (Wildman–Crippen MR) is 114 cm³/mol. The van der Waals surface area contributed by atoms with Crippen LogP contribution in [-0.4, -0.2) is 21.8 Å². The summed E-state index contributed by atoms with van der Waals surface area (Å²) in [5, 5.41) is 7.62. The largest absolute Gasteiger partial charge is 0.463 e. The van der Waals surface area contributed by atoms with Gasteiger partial charge in [-0.05, 0) is 68.7 Å². The summed E-state index contributed by atoms with van der Waals surface area (Å²) in [4.78, 5) is 24.8. The molecule has 3 aromatic rings. The zero-order chi connectivity index (χ0) is 21.1. The van der Waals surface area contributed by atoms with Gasteiger partial charge in [-0.15, -0.1) is 5.10 Å². The first-order chi connectivity index (χ1) is 13.8. The van der Waals surface area contributed by atoms with Crippen molar-refractivity contribution in [1.82, 2.24) is 9.78 Å². The fourth-order valence-electron chi connectivity index (χ4n) is 2.71. The molecule has 0 fully saturated rings. The van der Waals surface area contributed by atoms with E-state index in [-0.39, 0.29) is 17.3 Å². The van der Waals surface area contributed by atoms with Crippen molar-refractivity contribution in [2.75, 3.05) is 5.32 Å². The molecule has 7 heteroatoms. The van der Waals surface area contributed by atoms with E-state index in [1.54, 1.807) is 25.1 Å². The highest BCUT2D eigenvalue weighted by molar-refractivity contribution is 6.31. The maximum Gasteiger partial charge on any atom is 0.271 e. The zero-order valence-corrected chi connectivity index (χ0v) is 17.4. The van der Waals surface area contributed by atoms with Gasteiger partial charge in [-0.2, -0.15) is 4.68 Å². The van der Waals surface area contributed by atoms with Crippen LogP contribution in [0.4, 0.5) is 5.69 Å². The SMILES string of the molecule is Cc1ccc(-n2nc(OC(C)C(=O)Nc3cccc(Cl)c3C)ccc2=O)cc1C. The molecule has 0 bridgehead atoms.